The molecule has 2 aromatic carbocycles. The molecule has 10 heteroatoms. The predicted molar refractivity (Wildman–Crippen MR) is 133 cm³/mol. The van der Waals surface area contributed by atoms with Crippen LogP contribution in [0, 0.1) is 6.92 Å². The topological polar surface area (TPSA) is 74.7 Å². The van der Waals surface area contributed by atoms with Crippen molar-refractivity contribution in [2.75, 3.05) is 0 Å². The van der Waals surface area contributed by atoms with E-state index in [4.69, 9.17) is 14.2 Å². The minimum Gasteiger partial charge on any atom is -0.476 e. The zero-order chi connectivity index (χ0) is 27.6. The quantitative estimate of drug-likeness (QED) is 0.304. The van der Waals surface area contributed by atoms with E-state index in [2.05, 4.69) is 4.98 Å². The number of esters is 2. The maximum atomic E-state index is 12.8. The van der Waals surface area contributed by atoms with E-state index in [1.54, 1.807) is 65.8 Å². The van der Waals surface area contributed by atoms with Gasteiger partial charge in [-0.25, -0.2) is 14.6 Å². The van der Waals surface area contributed by atoms with Crippen LogP contribution in [0.1, 0.15) is 61.1 Å². The number of carbonyl (C=O) groups excluding carboxylic acids is 2. The van der Waals surface area contributed by atoms with E-state index < -0.39 is 34.9 Å². The molecule has 0 N–H and O–H groups in total. The van der Waals surface area contributed by atoms with Gasteiger partial charge in [-0.3, -0.25) is 0 Å². The molecule has 0 unspecified atom stereocenters. The minimum atomic E-state index is -4.43. The Morgan fingerprint density at radius 3 is 2.05 bits per heavy atom. The number of aromatic nitrogens is 1. The fourth-order valence-electron chi connectivity index (χ4n) is 3.12. The summed E-state index contributed by atoms with van der Waals surface area (Å²) in [6.45, 7) is 10.2. The van der Waals surface area contributed by atoms with Crippen LogP contribution in [-0.4, -0.2) is 28.1 Å². The number of carbonyl (C=O) groups is 2. The average Bonchev–Trinajstić information content (AvgIpc) is 3.18. The molecule has 0 bridgehead atoms. The van der Waals surface area contributed by atoms with E-state index in [1.807, 2.05) is 0 Å². The van der Waals surface area contributed by atoms with Crippen molar-refractivity contribution in [3.63, 3.8) is 0 Å². The first-order chi connectivity index (χ1) is 17.0. The van der Waals surface area contributed by atoms with Gasteiger partial charge in [0.15, 0.2) is 5.60 Å². The van der Waals surface area contributed by atoms with Crippen molar-refractivity contribution in [1.29, 1.82) is 0 Å². The van der Waals surface area contributed by atoms with Crippen LogP contribution in [0.2, 0.25) is 0 Å². The molecule has 198 valence electrons. The molecule has 0 amide bonds. The van der Waals surface area contributed by atoms with Crippen molar-refractivity contribution in [3.05, 3.63) is 70.2 Å². The van der Waals surface area contributed by atoms with Crippen LogP contribution < -0.4 is 4.74 Å². The largest absolute Gasteiger partial charge is 0.476 e. The average molecular weight is 536 g/mol. The summed E-state index contributed by atoms with van der Waals surface area (Å²) < 4.78 is 55.0. The van der Waals surface area contributed by atoms with E-state index in [1.165, 1.54) is 12.1 Å². The number of hydrogen-bond acceptors (Lipinski definition) is 7. The number of alkyl halides is 3. The molecule has 1 heterocycles. The molecule has 37 heavy (non-hydrogen) atoms. The lowest BCUT2D eigenvalue weighted by atomic mass is 10.1. The lowest BCUT2D eigenvalue weighted by Crippen LogP contribution is -2.43. The zero-order valence-corrected chi connectivity index (χ0v) is 22.2. The first-order valence-corrected chi connectivity index (χ1v) is 12.2. The molecule has 3 rings (SSSR count). The lowest BCUT2D eigenvalue weighted by molar-refractivity contribution is -0.170. The van der Waals surface area contributed by atoms with E-state index in [0.717, 1.165) is 23.5 Å². The molecule has 0 aliphatic carbocycles. The van der Waals surface area contributed by atoms with Gasteiger partial charge in [0.2, 0.25) is 0 Å². The monoisotopic (exact) mass is 535 g/mol. The summed E-state index contributed by atoms with van der Waals surface area (Å²) in [4.78, 5) is 29.6. The smallest absolute Gasteiger partial charge is 0.416 e. The highest BCUT2D eigenvalue weighted by atomic mass is 32.1. The van der Waals surface area contributed by atoms with Crippen molar-refractivity contribution in [3.8, 4) is 16.3 Å². The van der Waals surface area contributed by atoms with Crippen LogP contribution in [0.5, 0.6) is 5.75 Å². The van der Waals surface area contributed by atoms with Gasteiger partial charge < -0.3 is 14.2 Å². The molecule has 3 aromatic rings. The normalized spacial score (nSPS) is 12.2. The highest BCUT2D eigenvalue weighted by molar-refractivity contribution is 7.17. The van der Waals surface area contributed by atoms with Gasteiger partial charge in [0.1, 0.15) is 27.8 Å². The molecule has 0 fully saturated rings. The molecule has 0 saturated heterocycles. The Bertz CT molecular complexity index is 1260. The molecular weight excluding hydrogens is 507 g/mol. The highest BCUT2D eigenvalue weighted by Gasteiger charge is 2.35. The van der Waals surface area contributed by atoms with Crippen molar-refractivity contribution in [2.24, 2.45) is 0 Å². The van der Waals surface area contributed by atoms with E-state index in [9.17, 15) is 22.8 Å². The predicted octanol–water partition coefficient (Wildman–Crippen LogP) is 6.99. The second-order valence-corrected chi connectivity index (χ2v) is 10.8. The molecule has 0 radical (unpaired) electrons. The molecular formula is C27H28F3NO5S. The number of thiazole rings is 1. The summed E-state index contributed by atoms with van der Waals surface area (Å²) in [5.74, 6) is -0.626. The minimum absolute atomic E-state index is 0.0124. The Morgan fingerprint density at radius 2 is 1.51 bits per heavy atom. The highest BCUT2D eigenvalue weighted by Crippen LogP contribution is 2.33. The third-order valence-electron chi connectivity index (χ3n) is 5.00. The Kier molecular flexibility index (Phi) is 8.02. The SMILES string of the molecule is Cc1nc(-c2ccc(C(F)(F)F)cc2)sc1C(=O)OCc1ccc(OC(C)(C)C(=O)OC(C)(C)C)cc1. The third-order valence-corrected chi connectivity index (χ3v) is 6.18. The molecule has 1 aromatic heterocycles. The van der Waals surface area contributed by atoms with Gasteiger partial charge in [-0.05, 0) is 71.4 Å². The Labute approximate surface area is 217 Å². The van der Waals surface area contributed by atoms with Gasteiger partial charge in [-0.1, -0.05) is 24.3 Å². The van der Waals surface area contributed by atoms with Crippen LogP contribution >= 0.6 is 11.3 Å². The van der Waals surface area contributed by atoms with Crippen LogP contribution in [0.3, 0.4) is 0 Å². The molecule has 0 saturated carbocycles. The number of ether oxygens (including phenoxy) is 3. The number of rotatable bonds is 7. The van der Waals surface area contributed by atoms with Gasteiger partial charge in [-0.15, -0.1) is 11.3 Å². The van der Waals surface area contributed by atoms with Crippen molar-refractivity contribution in [1.82, 2.24) is 4.98 Å². The Balaban J connectivity index is 1.61. The number of halogens is 3. The molecule has 6 nitrogen and oxygen atoms in total. The molecule has 0 spiro atoms. The number of benzene rings is 2. The summed E-state index contributed by atoms with van der Waals surface area (Å²) in [5.41, 5.74) is -0.992. The van der Waals surface area contributed by atoms with Crippen LogP contribution in [0.25, 0.3) is 10.6 Å². The zero-order valence-electron chi connectivity index (χ0n) is 21.4. The second kappa shape index (κ2) is 10.5. The number of aryl methyl sites for hydroxylation is 1. The summed E-state index contributed by atoms with van der Waals surface area (Å²) in [6, 6.07) is 11.3. The van der Waals surface area contributed by atoms with Gasteiger partial charge in [0.05, 0.1) is 11.3 Å². The molecule has 0 atom stereocenters. The van der Waals surface area contributed by atoms with Gasteiger partial charge in [0.25, 0.3) is 0 Å². The van der Waals surface area contributed by atoms with E-state index >= 15 is 0 Å². The second-order valence-electron chi connectivity index (χ2n) is 9.84. The van der Waals surface area contributed by atoms with E-state index in [-0.39, 0.29) is 11.5 Å². The lowest BCUT2D eigenvalue weighted by Gasteiger charge is -2.29. The first-order valence-electron chi connectivity index (χ1n) is 11.4. The van der Waals surface area contributed by atoms with Crippen molar-refractivity contribution < 1.29 is 37.0 Å². The van der Waals surface area contributed by atoms with Crippen molar-refractivity contribution >= 4 is 23.3 Å². The van der Waals surface area contributed by atoms with E-state index in [0.29, 0.717) is 27.6 Å². The summed E-state index contributed by atoms with van der Waals surface area (Å²) >= 11 is 1.05. The van der Waals surface area contributed by atoms with Crippen molar-refractivity contribution in [2.45, 2.75) is 65.5 Å². The van der Waals surface area contributed by atoms with Crippen LogP contribution in [0.15, 0.2) is 48.5 Å². The standard InChI is InChI=1S/C27H28F3NO5S/c1-16-21(37-22(31-16)18-9-11-19(12-10-18)27(28,29)30)23(32)34-15-17-7-13-20(14-8-17)35-26(5,6)24(33)36-25(2,3)4/h7-14H,15H2,1-6H3. The Morgan fingerprint density at radius 1 is 0.919 bits per heavy atom. The first kappa shape index (κ1) is 28.2. The maximum Gasteiger partial charge on any atom is 0.416 e. The Hall–Kier alpha value is -3.40. The molecule has 0 aliphatic rings. The van der Waals surface area contributed by atoms with Crippen LogP contribution in [-0.2, 0) is 27.1 Å². The summed E-state index contributed by atoms with van der Waals surface area (Å²) in [7, 11) is 0. The summed E-state index contributed by atoms with van der Waals surface area (Å²) in [6.07, 6.45) is -4.43. The maximum absolute atomic E-state index is 12.8. The van der Waals surface area contributed by atoms with Gasteiger partial charge in [-0.2, -0.15) is 13.2 Å². The fourth-order valence-corrected chi connectivity index (χ4v) is 4.08. The molecule has 0 aliphatic heterocycles. The number of nitrogens with zero attached hydrogens (tertiary/aromatic N) is 1. The number of hydrogen-bond donors (Lipinski definition) is 0. The van der Waals surface area contributed by atoms with Gasteiger partial charge >= 0.3 is 18.1 Å². The van der Waals surface area contributed by atoms with Gasteiger partial charge in [0, 0.05) is 5.56 Å². The fraction of sp³-hybridized carbons (Fsp3) is 0.370. The third kappa shape index (κ3) is 7.55. The van der Waals surface area contributed by atoms with Crippen LogP contribution in [0.4, 0.5) is 13.2 Å². The summed E-state index contributed by atoms with van der Waals surface area (Å²) in [5, 5.41) is 0.423.